The Balaban J connectivity index is 1.59. The van der Waals surface area contributed by atoms with Crippen molar-refractivity contribution in [2.45, 2.75) is 25.7 Å². The first-order valence-corrected chi connectivity index (χ1v) is 10.8. The van der Waals surface area contributed by atoms with Crippen LogP contribution >= 0.6 is 0 Å². The number of aliphatic carboxylic acids is 1. The van der Waals surface area contributed by atoms with Gasteiger partial charge in [-0.25, -0.2) is 0 Å². The molecule has 0 spiro atoms. The van der Waals surface area contributed by atoms with E-state index in [0.717, 1.165) is 38.8 Å². The molecular weight excluding hydrogens is 426 g/mol. The van der Waals surface area contributed by atoms with E-state index in [-0.39, 0.29) is 23.6 Å². The van der Waals surface area contributed by atoms with Gasteiger partial charge >= 0.3 is 5.97 Å². The average Bonchev–Trinajstić information content (AvgIpc) is 3.11. The molecule has 1 aliphatic heterocycles. The molecule has 174 valence electrons. The number of likely N-dealkylation sites (tertiary alicyclic amines) is 1. The fourth-order valence-corrected chi connectivity index (χ4v) is 3.49. The summed E-state index contributed by atoms with van der Waals surface area (Å²) in [6.07, 6.45) is 4.23. The highest BCUT2D eigenvalue weighted by Gasteiger charge is 2.18. The normalized spacial score (nSPS) is 13.5. The quantitative estimate of drug-likeness (QED) is 0.564. The highest BCUT2D eigenvalue weighted by Crippen LogP contribution is 2.20. The van der Waals surface area contributed by atoms with Gasteiger partial charge in [-0.3, -0.25) is 19.2 Å². The number of nitrogens with zero attached hydrogens (tertiary/aromatic N) is 1. The SMILES string of the molecule is O=C(O)CNC(=O)c1ccc(NC(=O)c2ccccc2OCC(=O)N2CCCCCC2)cc1. The van der Waals surface area contributed by atoms with Crippen LogP contribution in [0.1, 0.15) is 46.4 Å². The first kappa shape index (κ1) is 23.8. The highest BCUT2D eigenvalue weighted by molar-refractivity contribution is 6.06. The number of anilines is 1. The molecule has 1 aliphatic rings. The molecule has 33 heavy (non-hydrogen) atoms. The minimum absolute atomic E-state index is 0.0936. The third-order valence-electron chi connectivity index (χ3n) is 5.25. The van der Waals surface area contributed by atoms with Crippen molar-refractivity contribution in [2.75, 3.05) is 31.6 Å². The van der Waals surface area contributed by atoms with Crippen LogP contribution in [0.25, 0.3) is 0 Å². The zero-order valence-electron chi connectivity index (χ0n) is 18.2. The Morgan fingerprint density at radius 3 is 2.21 bits per heavy atom. The molecule has 0 aromatic heterocycles. The third-order valence-corrected chi connectivity index (χ3v) is 5.25. The number of nitrogens with one attached hydrogen (secondary N) is 2. The number of carboxylic acids is 1. The van der Waals surface area contributed by atoms with Gasteiger partial charge in [-0.15, -0.1) is 0 Å². The summed E-state index contributed by atoms with van der Waals surface area (Å²) in [6.45, 7) is 0.849. The maximum Gasteiger partial charge on any atom is 0.322 e. The fraction of sp³-hybridized carbons (Fsp3) is 0.333. The summed E-state index contributed by atoms with van der Waals surface area (Å²) in [4.78, 5) is 49.6. The fourth-order valence-electron chi connectivity index (χ4n) is 3.49. The summed E-state index contributed by atoms with van der Waals surface area (Å²) >= 11 is 0. The number of benzene rings is 2. The summed E-state index contributed by atoms with van der Waals surface area (Å²) in [5.74, 6) is -1.87. The molecule has 2 aromatic carbocycles. The average molecular weight is 453 g/mol. The molecule has 0 bridgehead atoms. The van der Waals surface area contributed by atoms with Crippen molar-refractivity contribution in [3.8, 4) is 5.75 Å². The molecule has 2 aromatic rings. The Kier molecular flexibility index (Phi) is 8.40. The van der Waals surface area contributed by atoms with Crippen LogP contribution in [0, 0.1) is 0 Å². The van der Waals surface area contributed by atoms with Crippen molar-refractivity contribution in [2.24, 2.45) is 0 Å². The number of carboxylic acid groups (broad SMARTS) is 1. The molecule has 0 unspecified atom stereocenters. The van der Waals surface area contributed by atoms with E-state index in [9.17, 15) is 19.2 Å². The van der Waals surface area contributed by atoms with Gasteiger partial charge in [0.25, 0.3) is 17.7 Å². The van der Waals surface area contributed by atoms with E-state index < -0.39 is 24.3 Å². The predicted octanol–water partition coefficient (Wildman–Crippen LogP) is 2.53. The maximum atomic E-state index is 12.8. The van der Waals surface area contributed by atoms with Crippen LogP contribution in [0.2, 0.25) is 0 Å². The smallest absolute Gasteiger partial charge is 0.322 e. The number of carbonyl (C=O) groups is 4. The molecule has 9 nitrogen and oxygen atoms in total. The monoisotopic (exact) mass is 453 g/mol. The van der Waals surface area contributed by atoms with Crippen LogP contribution in [-0.2, 0) is 9.59 Å². The van der Waals surface area contributed by atoms with Gasteiger partial charge in [0, 0.05) is 24.3 Å². The molecule has 0 radical (unpaired) electrons. The van der Waals surface area contributed by atoms with E-state index in [2.05, 4.69) is 10.6 Å². The molecule has 1 saturated heterocycles. The lowest BCUT2D eigenvalue weighted by molar-refractivity contribution is -0.136. The zero-order valence-corrected chi connectivity index (χ0v) is 18.2. The summed E-state index contributed by atoms with van der Waals surface area (Å²) in [7, 11) is 0. The maximum absolute atomic E-state index is 12.8. The number of para-hydroxylation sites is 1. The Bertz CT molecular complexity index is 998. The lowest BCUT2D eigenvalue weighted by Gasteiger charge is -2.20. The zero-order chi connectivity index (χ0) is 23.6. The number of hydrogen-bond acceptors (Lipinski definition) is 5. The predicted molar refractivity (Wildman–Crippen MR) is 121 cm³/mol. The lowest BCUT2D eigenvalue weighted by atomic mass is 10.1. The van der Waals surface area contributed by atoms with Crippen LogP contribution in [0.3, 0.4) is 0 Å². The van der Waals surface area contributed by atoms with Crippen molar-refractivity contribution in [1.82, 2.24) is 10.2 Å². The second-order valence-electron chi connectivity index (χ2n) is 7.69. The minimum atomic E-state index is -1.14. The van der Waals surface area contributed by atoms with Crippen molar-refractivity contribution in [3.05, 3.63) is 59.7 Å². The lowest BCUT2D eigenvalue weighted by Crippen LogP contribution is -2.35. The molecule has 0 aliphatic carbocycles. The second kappa shape index (κ2) is 11.7. The number of rotatable bonds is 8. The molecule has 1 heterocycles. The van der Waals surface area contributed by atoms with Crippen molar-refractivity contribution in [1.29, 1.82) is 0 Å². The molecule has 3 amide bonds. The number of ether oxygens (including phenoxy) is 1. The van der Waals surface area contributed by atoms with E-state index >= 15 is 0 Å². The van der Waals surface area contributed by atoms with Crippen LogP contribution in [0.5, 0.6) is 5.75 Å². The standard InChI is InChI=1S/C24H27N3O6/c28-21(27-13-5-1-2-6-14-27)16-33-20-8-4-3-7-19(20)24(32)26-18-11-9-17(10-12-18)23(31)25-15-22(29)30/h3-4,7-12H,1-2,5-6,13-16H2,(H,25,31)(H,26,32)(H,29,30). The Labute approximate surface area is 191 Å². The van der Waals surface area contributed by atoms with Gasteiger partial charge in [-0.2, -0.15) is 0 Å². The van der Waals surface area contributed by atoms with Crippen molar-refractivity contribution in [3.63, 3.8) is 0 Å². The van der Waals surface area contributed by atoms with Crippen molar-refractivity contribution >= 4 is 29.4 Å². The van der Waals surface area contributed by atoms with Crippen LogP contribution in [-0.4, -0.2) is 59.9 Å². The molecule has 3 rings (SSSR count). The van der Waals surface area contributed by atoms with E-state index in [4.69, 9.17) is 9.84 Å². The van der Waals surface area contributed by atoms with Crippen molar-refractivity contribution < 1.29 is 29.0 Å². The molecule has 9 heteroatoms. The Morgan fingerprint density at radius 2 is 1.55 bits per heavy atom. The topological polar surface area (TPSA) is 125 Å². The Morgan fingerprint density at radius 1 is 0.879 bits per heavy atom. The molecule has 1 fully saturated rings. The highest BCUT2D eigenvalue weighted by atomic mass is 16.5. The Hall–Kier alpha value is -3.88. The van der Waals surface area contributed by atoms with Crippen LogP contribution in [0.15, 0.2) is 48.5 Å². The molecule has 0 saturated carbocycles. The number of carbonyl (C=O) groups excluding carboxylic acids is 3. The summed E-state index contributed by atoms with van der Waals surface area (Å²) < 4.78 is 5.70. The first-order valence-electron chi connectivity index (χ1n) is 10.8. The number of hydrogen-bond donors (Lipinski definition) is 3. The summed E-state index contributed by atoms with van der Waals surface area (Å²) in [5.41, 5.74) is 1.000. The van der Waals surface area contributed by atoms with Gasteiger partial charge in [-0.05, 0) is 49.2 Å². The van der Waals surface area contributed by atoms with Gasteiger partial charge in [0.2, 0.25) is 0 Å². The van der Waals surface area contributed by atoms with Gasteiger partial charge in [0.15, 0.2) is 6.61 Å². The molecule has 3 N–H and O–H groups in total. The van der Waals surface area contributed by atoms with E-state index in [1.807, 2.05) is 4.90 Å². The van der Waals surface area contributed by atoms with Gasteiger partial charge in [0.05, 0.1) is 5.56 Å². The van der Waals surface area contributed by atoms with E-state index in [1.54, 1.807) is 36.4 Å². The van der Waals surface area contributed by atoms with Crippen LogP contribution in [0.4, 0.5) is 5.69 Å². The molecule has 0 atom stereocenters. The number of amides is 3. The minimum Gasteiger partial charge on any atom is -0.483 e. The van der Waals surface area contributed by atoms with Crippen LogP contribution < -0.4 is 15.4 Å². The van der Waals surface area contributed by atoms with Gasteiger partial charge < -0.3 is 25.4 Å². The summed E-state index contributed by atoms with van der Waals surface area (Å²) in [5, 5.41) is 13.6. The largest absolute Gasteiger partial charge is 0.483 e. The second-order valence-corrected chi connectivity index (χ2v) is 7.69. The molecular formula is C24H27N3O6. The first-order chi connectivity index (χ1) is 15.9. The van der Waals surface area contributed by atoms with Gasteiger partial charge in [0.1, 0.15) is 12.3 Å². The van der Waals surface area contributed by atoms with E-state index in [0.29, 0.717) is 11.4 Å². The summed E-state index contributed by atoms with van der Waals surface area (Å²) in [6, 6.07) is 12.7. The third kappa shape index (κ3) is 7.06. The van der Waals surface area contributed by atoms with Gasteiger partial charge in [-0.1, -0.05) is 25.0 Å². The van der Waals surface area contributed by atoms with E-state index in [1.165, 1.54) is 12.1 Å².